The summed E-state index contributed by atoms with van der Waals surface area (Å²) in [4.78, 5) is 12.5. The highest BCUT2D eigenvalue weighted by molar-refractivity contribution is 5.86. The lowest BCUT2D eigenvalue weighted by Crippen LogP contribution is -2.56. The Morgan fingerprint density at radius 2 is 1.74 bits per heavy atom. The molecule has 2 bridgehead atoms. The van der Waals surface area contributed by atoms with Crippen LogP contribution in [0.1, 0.15) is 96.6 Å². The third-order valence-electron chi connectivity index (χ3n) is 7.58. The number of hydrogen-bond acceptors (Lipinski definition) is 3. The van der Waals surface area contributed by atoms with Crippen LogP contribution >= 0.6 is 0 Å². The number of hydrogen-bond donors (Lipinski definition) is 2. The van der Waals surface area contributed by atoms with Crippen LogP contribution < -0.4 is 0 Å². The maximum atomic E-state index is 12.5. The Morgan fingerprint density at radius 3 is 2.26 bits per heavy atom. The van der Waals surface area contributed by atoms with E-state index in [2.05, 4.69) is 34.6 Å². The van der Waals surface area contributed by atoms with Crippen molar-refractivity contribution in [2.45, 2.75) is 90.9 Å². The first-order valence-electron chi connectivity index (χ1n) is 10.7. The maximum absolute atomic E-state index is 12.5. The molecule has 0 aromatic heterocycles. The van der Waals surface area contributed by atoms with Crippen molar-refractivity contribution in [3.8, 4) is 11.5 Å². The second-order valence-corrected chi connectivity index (χ2v) is 10.1. The number of aromatic hydroxyl groups is 2. The molecule has 150 valence electrons. The van der Waals surface area contributed by atoms with Crippen molar-refractivity contribution in [2.75, 3.05) is 0 Å². The van der Waals surface area contributed by atoms with E-state index in [-0.39, 0.29) is 39.9 Å². The molecular weight excluding hydrogens is 336 g/mol. The standard InChI is InChI=1S/C24H36O3/c1-6-7-8-9-10-23(2,3)15-11-20(26)22(21(27)12-15)16-13-19(25)18-14-17(16)24(18,4)5/h11-12,16-18,26-27H,6-10,13-14H2,1-5H3/t16-,17-,18?/m0/s1. The Bertz CT molecular complexity index is 693. The number of phenolic OH excluding ortho intramolecular Hbond substituents is 2. The van der Waals surface area contributed by atoms with Crippen LogP contribution in [0.3, 0.4) is 0 Å². The van der Waals surface area contributed by atoms with E-state index in [1.54, 1.807) is 0 Å². The molecule has 3 heteroatoms. The number of unbranched alkanes of at least 4 members (excludes halogenated alkanes) is 3. The minimum absolute atomic E-state index is 0.0316. The van der Waals surface area contributed by atoms with E-state index in [1.165, 1.54) is 19.3 Å². The van der Waals surface area contributed by atoms with Crippen molar-refractivity contribution >= 4 is 5.78 Å². The van der Waals surface area contributed by atoms with Gasteiger partial charge in [0.2, 0.25) is 0 Å². The second-order valence-electron chi connectivity index (χ2n) is 10.1. The van der Waals surface area contributed by atoms with Gasteiger partial charge in [-0.3, -0.25) is 4.79 Å². The third-order valence-corrected chi connectivity index (χ3v) is 7.58. The number of carbonyl (C=O) groups is 1. The van der Waals surface area contributed by atoms with Crippen LogP contribution in [-0.4, -0.2) is 16.0 Å². The van der Waals surface area contributed by atoms with Crippen LogP contribution in [0.15, 0.2) is 12.1 Å². The summed E-state index contributed by atoms with van der Waals surface area (Å²) in [6, 6.07) is 3.66. The number of rotatable bonds is 7. The normalized spacial score (nSPS) is 26.7. The third kappa shape index (κ3) is 3.50. The molecule has 27 heavy (non-hydrogen) atoms. The molecule has 4 rings (SSSR count). The molecule has 3 atom stereocenters. The van der Waals surface area contributed by atoms with Crippen LogP contribution in [-0.2, 0) is 10.2 Å². The number of carbonyl (C=O) groups excluding carboxylic acids is 1. The van der Waals surface area contributed by atoms with E-state index in [9.17, 15) is 15.0 Å². The largest absolute Gasteiger partial charge is 0.508 e. The van der Waals surface area contributed by atoms with Crippen molar-refractivity contribution in [1.29, 1.82) is 0 Å². The Morgan fingerprint density at radius 1 is 1.11 bits per heavy atom. The fourth-order valence-electron chi connectivity index (χ4n) is 5.52. The van der Waals surface area contributed by atoms with E-state index in [0.29, 0.717) is 17.9 Å². The molecule has 2 N–H and O–H groups in total. The highest BCUT2D eigenvalue weighted by atomic mass is 16.3. The molecule has 3 aliphatic rings. The lowest BCUT2D eigenvalue weighted by molar-refractivity contribution is -0.151. The lowest BCUT2D eigenvalue weighted by atomic mass is 9.44. The van der Waals surface area contributed by atoms with Gasteiger partial charge in [-0.2, -0.15) is 0 Å². The molecular formula is C24H36O3. The molecule has 0 amide bonds. The quantitative estimate of drug-likeness (QED) is 0.572. The molecule has 3 aliphatic carbocycles. The zero-order valence-electron chi connectivity index (χ0n) is 17.6. The van der Waals surface area contributed by atoms with Crippen molar-refractivity contribution < 1.29 is 15.0 Å². The summed E-state index contributed by atoms with van der Waals surface area (Å²) < 4.78 is 0. The van der Waals surface area contributed by atoms with Crippen LogP contribution in [0.2, 0.25) is 0 Å². The van der Waals surface area contributed by atoms with Crippen molar-refractivity contribution in [3.05, 3.63) is 23.3 Å². The van der Waals surface area contributed by atoms with Crippen LogP contribution in [0.4, 0.5) is 0 Å². The van der Waals surface area contributed by atoms with Gasteiger partial charge in [0.25, 0.3) is 0 Å². The molecule has 3 fully saturated rings. The molecule has 0 aliphatic heterocycles. The van der Waals surface area contributed by atoms with E-state index < -0.39 is 0 Å². The minimum atomic E-state index is -0.0928. The molecule has 3 saturated carbocycles. The second kappa shape index (κ2) is 7.14. The van der Waals surface area contributed by atoms with Gasteiger partial charge in [0.1, 0.15) is 17.3 Å². The average Bonchev–Trinajstić information content (AvgIpc) is 2.57. The summed E-state index contributed by atoms with van der Waals surface area (Å²) in [6.45, 7) is 10.9. The van der Waals surface area contributed by atoms with E-state index in [4.69, 9.17) is 0 Å². The Hall–Kier alpha value is -1.51. The van der Waals surface area contributed by atoms with Crippen molar-refractivity contribution in [2.24, 2.45) is 17.3 Å². The molecule has 0 radical (unpaired) electrons. The van der Waals surface area contributed by atoms with Gasteiger partial charge in [0, 0.05) is 23.8 Å². The van der Waals surface area contributed by atoms with Gasteiger partial charge < -0.3 is 10.2 Å². The fourth-order valence-corrected chi connectivity index (χ4v) is 5.52. The average molecular weight is 373 g/mol. The maximum Gasteiger partial charge on any atom is 0.137 e. The van der Waals surface area contributed by atoms with Crippen LogP contribution in [0.25, 0.3) is 0 Å². The van der Waals surface area contributed by atoms with E-state index >= 15 is 0 Å². The topological polar surface area (TPSA) is 57.5 Å². The fraction of sp³-hybridized carbons (Fsp3) is 0.708. The van der Waals surface area contributed by atoms with Gasteiger partial charge >= 0.3 is 0 Å². The van der Waals surface area contributed by atoms with Gasteiger partial charge in [0.15, 0.2) is 0 Å². The Labute approximate surface area is 164 Å². The van der Waals surface area contributed by atoms with Gasteiger partial charge in [-0.05, 0) is 47.3 Å². The molecule has 0 spiro atoms. The molecule has 0 saturated heterocycles. The van der Waals surface area contributed by atoms with Gasteiger partial charge in [-0.25, -0.2) is 0 Å². The predicted octanol–water partition coefficient (Wildman–Crippen LogP) is 6.06. The summed E-state index contributed by atoms with van der Waals surface area (Å²) in [6.07, 6.45) is 7.20. The minimum Gasteiger partial charge on any atom is -0.508 e. The molecule has 3 nitrogen and oxygen atoms in total. The summed E-state index contributed by atoms with van der Waals surface area (Å²) >= 11 is 0. The molecule has 1 aromatic carbocycles. The summed E-state index contributed by atoms with van der Waals surface area (Å²) in [5, 5.41) is 21.6. The number of phenols is 2. The van der Waals surface area contributed by atoms with Gasteiger partial charge in [-0.15, -0.1) is 0 Å². The number of benzene rings is 1. The van der Waals surface area contributed by atoms with Crippen molar-refractivity contribution in [1.82, 2.24) is 0 Å². The first-order valence-corrected chi connectivity index (χ1v) is 10.7. The monoisotopic (exact) mass is 372 g/mol. The lowest BCUT2D eigenvalue weighted by Gasteiger charge is -2.59. The highest BCUT2D eigenvalue weighted by Crippen LogP contribution is 2.64. The summed E-state index contributed by atoms with van der Waals surface area (Å²) in [5.41, 5.74) is 1.44. The first kappa shape index (κ1) is 20.2. The van der Waals surface area contributed by atoms with Crippen LogP contribution in [0, 0.1) is 17.3 Å². The van der Waals surface area contributed by atoms with Gasteiger partial charge in [0.05, 0.1) is 0 Å². The Kier molecular flexibility index (Phi) is 5.35. The number of ketones is 1. The smallest absolute Gasteiger partial charge is 0.137 e. The Balaban J connectivity index is 1.84. The summed E-state index contributed by atoms with van der Waals surface area (Å²) in [5.74, 6) is 1.04. The predicted molar refractivity (Wildman–Crippen MR) is 109 cm³/mol. The highest BCUT2D eigenvalue weighted by Gasteiger charge is 2.59. The molecule has 0 heterocycles. The zero-order valence-corrected chi connectivity index (χ0v) is 17.6. The number of Topliss-reactive ketones (excluding diaryl/α,β-unsaturated/α-hetero) is 1. The first-order chi connectivity index (χ1) is 12.6. The zero-order chi connectivity index (χ0) is 20.0. The molecule has 1 aromatic rings. The van der Waals surface area contributed by atoms with Gasteiger partial charge in [-0.1, -0.05) is 60.3 Å². The number of fused-ring (bicyclic) bond motifs is 2. The SMILES string of the molecule is CCCCCCC(C)(C)c1cc(O)c([C@H]2CC(=O)C3C[C@@H]2C3(C)C)c(O)c1. The van der Waals surface area contributed by atoms with E-state index in [1.807, 2.05) is 12.1 Å². The summed E-state index contributed by atoms with van der Waals surface area (Å²) in [7, 11) is 0. The van der Waals surface area contributed by atoms with Crippen molar-refractivity contribution in [3.63, 3.8) is 0 Å². The molecule has 1 unspecified atom stereocenters. The van der Waals surface area contributed by atoms with E-state index in [0.717, 1.165) is 24.8 Å². The van der Waals surface area contributed by atoms with Crippen LogP contribution in [0.5, 0.6) is 11.5 Å².